The van der Waals surface area contributed by atoms with Crippen molar-refractivity contribution in [1.29, 1.82) is 0 Å². The van der Waals surface area contributed by atoms with Crippen LogP contribution in [0.25, 0.3) is 0 Å². The number of phosphoric ester groups is 1. The number of hydrogen-bond acceptors (Lipinski definition) is 8. The summed E-state index contributed by atoms with van der Waals surface area (Å²) >= 11 is 0. The molecule has 298 valence electrons. The average Bonchev–Trinajstić information content (AvgIpc) is 3.09. The fraction of sp³-hybridized carbons (Fsp3) is 0.667. The largest absolute Gasteiger partial charge is 0.756 e. The third kappa shape index (κ3) is 37.2. The van der Waals surface area contributed by atoms with Gasteiger partial charge in [0.05, 0.1) is 27.7 Å². The molecule has 1 unspecified atom stereocenters. The first kappa shape index (κ1) is 49.5. The topological polar surface area (TPSA) is 111 Å². The molecule has 0 aliphatic heterocycles. The standard InChI is InChI=1S/C42H72NO8P/c1-6-8-10-12-14-16-18-19-20-21-22-23-25-27-29-31-33-35-42(45)51-40(39-50-52(46,47)49-37-36-43(3,4)5)38-48-41(44)34-32-30-28-26-24-17-15-13-11-9-7-2/h8,10,13-16,19-20,22-23,27,29,40H,6-7,9,11-12,17-18,21,24-26,28,30-39H2,1-5H3/b10-8+,15-13+,16-14+,20-19+,23-22+,29-27+/t40-/m1/s1. The molecule has 0 fully saturated rings. The number of nitrogens with zero attached hydrogens (tertiary/aromatic N) is 1. The van der Waals surface area contributed by atoms with Gasteiger partial charge in [0.1, 0.15) is 19.8 Å². The molecule has 0 amide bonds. The molecule has 10 heteroatoms. The number of likely N-dealkylation sites (N-methyl/N-ethyl adjacent to an activating group) is 1. The number of unbranched alkanes of at least 4 members (excludes halogenated alkanes) is 8. The SMILES string of the molecule is CC/C=C/C/C=C/C/C=C/C/C=C/C/C=C/CCCC(=O)O[C@H](COC(=O)CCCCCCC/C=C/CCCC)COP(=O)([O-])OCC[N+](C)(C)C. The first-order valence-electron chi connectivity index (χ1n) is 19.6. The molecule has 0 heterocycles. The molecule has 0 aliphatic carbocycles. The Hall–Kier alpha value is -2.55. The van der Waals surface area contributed by atoms with Crippen LogP contribution in [0.1, 0.15) is 129 Å². The highest BCUT2D eigenvalue weighted by Crippen LogP contribution is 2.38. The smallest absolute Gasteiger partial charge is 0.306 e. The summed E-state index contributed by atoms with van der Waals surface area (Å²) in [4.78, 5) is 37.3. The number of carbonyl (C=O) groups excluding carboxylic acids is 2. The Morgan fingerprint density at radius 3 is 1.71 bits per heavy atom. The number of esters is 2. The van der Waals surface area contributed by atoms with Crippen LogP contribution in [-0.2, 0) is 32.7 Å². The molecule has 0 aromatic heterocycles. The summed E-state index contributed by atoms with van der Waals surface area (Å²) in [6, 6.07) is 0. The number of hydrogen-bond donors (Lipinski definition) is 0. The Bertz CT molecular complexity index is 1120. The van der Waals surface area contributed by atoms with Gasteiger partial charge >= 0.3 is 11.9 Å². The first-order valence-corrected chi connectivity index (χ1v) is 21.1. The van der Waals surface area contributed by atoms with Gasteiger partial charge in [-0.1, -0.05) is 119 Å². The third-order valence-electron chi connectivity index (χ3n) is 7.71. The van der Waals surface area contributed by atoms with Gasteiger partial charge in [-0.15, -0.1) is 0 Å². The van der Waals surface area contributed by atoms with Gasteiger partial charge in [0, 0.05) is 12.8 Å². The first-order chi connectivity index (χ1) is 25.0. The zero-order valence-electron chi connectivity index (χ0n) is 33.2. The molecular formula is C42H72NO8P. The van der Waals surface area contributed by atoms with E-state index >= 15 is 0 Å². The molecule has 0 N–H and O–H groups in total. The number of quaternary nitrogens is 1. The molecule has 2 atom stereocenters. The lowest BCUT2D eigenvalue weighted by molar-refractivity contribution is -0.870. The second kappa shape index (κ2) is 34.2. The maximum Gasteiger partial charge on any atom is 0.306 e. The Morgan fingerprint density at radius 2 is 1.12 bits per heavy atom. The molecule has 52 heavy (non-hydrogen) atoms. The summed E-state index contributed by atoms with van der Waals surface area (Å²) < 4.78 is 33.7. The van der Waals surface area contributed by atoms with Gasteiger partial charge < -0.3 is 27.9 Å². The Kier molecular flexibility index (Phi) is 32.6. The van der Waals surface area contributed by atoms with Crippen LogP contribution in [0.3, 0.4) is 0 Å². The molecule has 0 aromatic carbocycles. The predicted molar refractivity (Wildman–Crippen MR) is 213 cm³/mol. The number of rotatable bonds is 34. The van der Waals surface area contributed by atoms with Gasteiger partial charge in [-0.2, -0.15) is 0 Å². The molecule has 0 bridgehead atoms. The summed E-state index contributed by atoms with van der Waals surface area (Å²) in [5.41, 5.74) is 0. The van der Waals surface area contributed by atoms with E-state index in [1.54, 1.807) is 0 Å². The summed E-state index contributed by atoms with van der Waals surface area (Å²) in [6.45, 7) is 3.96. The molecule has 0 aliphatic rings. The van der Waals surface area contributed by atoms with Gasteiger partial charge in [-0.3, -0.25) is 14.2 Å². The zero-order chi connectivity index (χ0) is 38.6. The Balaban J connectivity index is 4.56. The highest BCUT2D eigenvalue weighted by molar-refractivity contribution is 7.45. The lowest BCUT2D eigenvalue weighted by Gasteiger charge is -2.28. The van der Waals surface area contributed by atoms with Crippen molar-refractivity contribution in [2.45, 2.75) is 136 Å². The van der Waals surface area contributed by atoms with E-state index in [4.69, 9.17) is 18.5 Å². The van der Waals surface area contributed by atoms with Crippen LogP contribution in [0, 0.1) is 0 Å². The summed E-state index contributed by atoms with van der Waals surface area (Å²) in [7, 11) is 1.11. The van der Waals surface area contributed by atoms with E-state index in [9.17, 15) is 19.0 Å². The molecule has 0 saturated carbocycles. The van der Waals surface area contributed by atoms with E-state index in [1.165, 1.54) is 12.8 Å². The maximum absolute atomic E-state index is 12.6. The fourth-order valence-corrected chi connectivity index (χ4v) is 5.34. The van der Waals surface area contributed by atoms with Gasteiger partial charge in [0.25, 0.3) is 7.82 Å². The molecule has 0 saturated heterocycles. The third-order valence-corrected chi connectivity index (χ3v) is 8.67. The van der Waals surface area contributed by atoms with E-state index < -0.39 is 32.5 Å². The van der Waals surface area contributed by atoms with Crippen molar-refractivity contribution in [1.82, 2.24) is 0 Å². The van der Waals surface area contributed by atoms with E-state index in [-0.39, 0.29) is 26.1 Å². The molecule has 0 aromatic rings. The molecule has 0 radical (unpaired) electrons. The number of phosphoric acid groups is 1. The van der Waals surface area contributed by atoms with Gasteiger partial charge in [0.2, 0.25) is 0 Å². The van der Waals surface area contributed by atoms with Crippen molar-refractivity contribution in [3.05, 3.63) is 72.9 Å². The lowest BCUT2D eigenvalue weighted by atomic mass is 10.1. The average molecular weight is 750 g/mol. The Labute approximate surface area is 317 Å². The zero-order valence-corrected chi connectivity index (χ0v) is 34.1. The van der Waals surface area contributed by atoms with Crippen LogP contribution < -0.4 is 4.89 Å². The molecule has 9 nitrogen and oxygen atoms in total. The summed E-state index contributed by atoms with van der Waals surface area (Å²) in [5.74, 6) is -0.924. The van der Waals surface area contributed by atoms with Crippen molar-refractivity contribution in [3.8, 4) is 0 Å². The van der Waals surface area contributed by atoms with Crippen molar-refractivity contribution in [3.63, 3.8) is 0 Å². The second-order valence-electron chi connectivity index (χ2n) is 13.9. The predicted octanol–water partition coefficient (Wildman–Crippen LogP) is 10.0. The minimum Gasteiger partial charge on any atom is -0.756 e. The Morgan fingerprint density at radius 1 is 0.615 bits per heavy atom. The van der Waals surface area contributed by atoms with Crippen molar-refractivity contribution < 1.29 is 42.1 Å². The maximum atomic E-state index is 12.6. The lowest BCUT2D eigenvalue weighted by Crippen LogP contribution is -2.37. The van der Waals surface area contributed by atoms with E-state index in [1.807, 2.05) is 27.2 Å². The summed E-state index contributed by atoms with van der Waals surface area (Å²) in [5, 5.41) is 0. The van der Waals surface area contributed by atoms with Gasteiger partial charge in [0.15, 0.2) is 6.10 Å². The van der Waals surface area contributed by atoms with Crippen molar-refractivity contribution in [2.24, 2.45) is 0 Å². The minimum atomic E-state index is -4.64. The number of carbonyl (C=O) groups is 2. The van der Waals surface area contributed by atoms with Gasteiger partial charge in [-0.25, -0.2) is 0 Å². The van der Waals surface area contributed by atoms with E-state index in [0.29, 0.717) is 30.3 Å². The normalized spacial score (nSPS) is 14.5. The van der Waals surface area contributed by atoms with Crippen molar-refractivity contribution in [2.75, 3.05) is 47.5 Å². The highest BCUT2D eigenvalue weighted by Gasteiger charge is 2.21. The quantitative estimate of drug-likeness (QED) is 0.0210. The van der Waals surface area contributed by atoms with Crippen LogP contribution in [0.5, 0.6) is 0 Å². The van der Waals surface area contributed by atoms with E-state index in [2.05, 4.69) is 80.7 Å². The van der Waals surface area contributed by atoms with Gasteiger partial charge in [-0.05, 0) is 70.6 Å². The van der Waals surface area contributed by atoms with Crippen LogP contribution >= 0.6 is 7.82 Å². The van der Waals surface area contributed by atoms with Crippen LogP contribution in [-0.4, -0.2) is 70.0 Å². The fourth-order valence-electron chi connectivity index (χ4n) is 4.61. The minimum absolute atomic E-state index is 0.0465. The number of allylic oxidation sites excluding steroid dienone is 12. The highest BCUT2D eigenvalue weighted by atomic mass is 31.2. The van der Waals surface area contributed by atoms with Crippen LogP contribution in [0.4, 0.5) is 0 Å². The second-order valence-corrected chi connectivity index (χ2v) is 15.3. The number of ether oxygens (including phenoxy) is 2. The van der Waals surface area contributed by atoms with Crippen LogP contribution in [0.2, 0.25) is 0 Å². The monoisotopic (exact) mass is 749 g/mol. The summed E-state index contributed by atoms with van der Waals surface area (Å²) in [6.07, 6.45) is 40.8. The molecule has 0 rings (SSSR count). The van der Waals surface area contributed by atoms with Crippen molar-refractivity contribution >= 4 is 19.8 Å². The molecular weight excluding hydrogens is 677 g/mol. The van der Waals surface area contributed by atoms with Crippen LogP contribution in [0.15, 0.2) is 72.9 Å². The van der Waals surface area contributed by atoms with E-state index in [0.717, 1.165) is 70.6 Å². The molecule has 0 spiro atoms.